The first-order valence-electron chi connectivity index (χ1n) is 5.93. The van der Waals surface area contributed by atoms with E-state index in [-0.39, 0.29) is 0 Å². The Hall–Kier alpha value is -0.820. The van der Waals surface area contributed by atoms with E-state index in [9.17, 15) is 0 Å². The minimum Gasteiger partial charge on any atom is -0.396 e. The Morgan fingerprint density at radius 3 is 2.80 bits per heavy atom. The summed E-state index contributed by atoms with van der Waals surface area (Å²) in [7, 11) is 0. The summed E-state index contributed by atoms with van der Waals surface area (Å²) in [5.74, 6) is 1.27. The molecule has 0 heterocycles. The minimum atomic E-state index is 0.312. The summed E-state index contributed by atoms with van der Waals surface area (Å²) in [4.78, 5) is 0. The molecule has 82 valence electrons. The second-order valence-corrected chi connectivity index (χ2v) is 4.82. The van der Waals surface area contributed by atoms with Gasteiger partial charge in [0.2, 0.25) is 0 Å². The first-order valence-corrected chi connectivity index (χ1v) is 5.93. The van der Waals surface area contributed by atoms with Gasteiger partial charge in [-0.15, -0.1) is 0 Å². The molecular formula is C14H20O. The summed E-state index contributed by atoms with van der Waals surface area (Å²) in [5.41, 5.74) is 4.33. The van der Waals surface area contributed by atoms with Gasteiger partial charge in [0.25, 0.3) is 0 Å². The Balaban J connectivity index is 2.37. The molecule has 2 rings (SSSR count). The molecule has 0 saturated carbocycles. The Morgan fingerprint density at radius 2 is 2.07 bits per heavy atom. The van der Waals surface area contributed by atoms with Crippen molar-refractivity contribution in [3.8, 4) is 0 Å². The molecular weight excluding hydrogens is 184 g/mol. The maximum atomic E-state index is 9.08. The van der Waals surface area contributed by atoms with Gasteiger partial charge in [-0.25, -0.2) is 0 Å². The molecule has 0 radical (unpaired) electrons. The molecule has 0 aliphatic heterocycles. The van der Waals surface area contributed by atoms with Crippen LogP contribution >= 0.6 is 0 Å². The number of aliphatic hydroxyl groups excluding tert-OH is 1. The Kier molecular flexibility index (Phi) is 3.11. The normalized spacial score (nSPS) is 25.0. The molecule has 0 amide bonds. The number of benzene rings is 1. The largest absolute Gasteiger partial charge is 0.396 e. The van der Waals surface area contributed by atoms with Crippen LogP contribution < -0.4 is 0 Å². The fourth-order valence-corrected chi connectivity index (χ4v) is 2.71. The van der Waals surface area contributed by atoms with Crippen molar-refractivity contribution in [2.24, 2.45) is 0 Å². The molecule has 0 aromatic heterocycles. The Bertz CT molecular complexity index is 343. The highest BCUT2D eigenvalue weighted by molar-refractivity contribution is 5.38. The van der Waals surface area contributed by atoms with Gasteiger partial charge in [0.1, 0.15) is 0 Å². The van der Waals surface area contributed by atoms with E-state index in [2.05, 4.69) is 32.0 Å². The minimum absolute atomic E-state index is 0.312. The molecule has 1 aromatic rings. The third kappa shape index (κ3) is 2.07. The van der Waals surface area contributed by atoms with Crippen LogP contribution in [0.15, 0.2) is 18.2 Å². The van der Waals surface area contributed by atoms with Gasteiger partial charge in [-0.3, -0.25) is 0 Å². The molecule has 1 aromatic carbocycles. The van der Waals surface area contributed by atoms with Crippen molar-refractivity contribution < 1.29 is 5.11 Å². The van der Waals surface area contributed by atoms with Crippen LogP contribution in [-0.2, 0) is 0 Å². The van der Waals surface area contributed by atoms with E-state index >= 15 is 0 Å². The van der Waals surface area contributed by atoms with Crippen LogP contribution in [0.3, 0.4) is 0 Å². The molecule has 0 unspecified atom stereocenters. The molecule has 2 atom stereocenters. The predicted molar refractivity (Wildman–Crippen MR) is 63.3 cm³/mol. The SMILES string of the molecule is Cc1ccc2c(c1)[C@@H](CCO)CC[C@@H]2C. The lowest BCUT2D eigenvalue weighted by Crippen LogP contribution is -2.14. The van der Waals surface area contributed by atoms with E-state index in [0.29, 0.717) is 18.4 Å². The number of hydrogen-bond acceptors (Lipinski definition) is 1. The van der Waals surface area contributed by atoms with Crippen molar-refractivity contribution in [3.05, 3.63) is 34.9 Å². The van der Waals surface area contributed by atoms with Crippen LogP contribution in [-0.4, -0.2) is 11.7 Å². The van der Waals surface area contributed by atoms with E-state index in [0.717, 1.165) is 6.42 Å². The summed E-state index contributed by atoms with van der Waals surface area (Å²) in [6.07, 6.45) is 3.42. The van der Waals surface area contributed by atoms with Gasteiger partial charge in [0, 0.05) is 6.61 Å². The second-order valence-electron chi connectivity index (χ2n) is 4.82. The van der Waals surface area contributed by atoms with E-state index < -0.39 is 0 Å². The first-order chi connectivity index (χ1) is 7.22. The summed E-state index contributed by atoms with van der Waals surface area (Å²) < 4.78 is 0. The molecule has 15 heavy (non-hydrogen) atoms. The molecule has 1 nitrogen and oxygen atoms in total. The molecule has 0 saturated heterocycles. The molecule has 1 N–H and O–H groups in total. The standard InChI is InChI=1S/C14H20O/c1-10-3-6-13-11(2)4-5-12(7-8-15)14(13)9-10/h3,6,9,11-12,15H,4-5,7-8H2,1-2H3/t11-,12+/m0/s1. The third-order valence-electron chi connectivity index (χ3n) is 3.64. The van der Waals surface area contributed by atoms with Gasteiger partial charge < -0.3 is 5.11 Å². The fourth-order valence-electron chi connectivity index (χ4n) is 2.71. The molecule has 0 fully saturated rings. The van der Waals surface area contributed by atoms with Crippen LogP contribution in [0.5, 0.6) is 0 Å². The van der Waals surface area contributed by atoms with Crippen molar-refractivity contribution in [2.45, 2.75) is 44.9 Å². The highest BCUT2D eigenvalue weighted by Crippen LogP contribution is 2.40. The Labute approximate surface area is 92.1 Å². The Morgan fingerprint density at radius 1 is 1.27 bits per heavy atom. The van der Waals surface area contributed by atoms with Gasteiger partial charge in [-0.2, -0.15) is 0 Å². The lowest BCUT2D eigenvalue weighted by Gasteiger charge is -2.29. The molecule has 0 spiro atoms. The maximum absolute atomic E-state index is 9.08. The highest BCUT2D eigenvalue weighted by Gasteiger charge is 2.23. The van der Waals surface area contributed by atoms with Crippen LogP contribution in [0, 0.1) is 6.92 Å². The summed E-state index contributed by atoms with van der Waals surface area (Å²) >= 11 is 0. The fraction of sp³-hybridized carbons (Fsp3) is 0.571. The maximum Gasteiger partial charge on any atom is 0.0436 e. The lowest BCUT2D eigenvalue weighted by molar-refractivity contribution is 0.267. The van der Waals surface area contributed by atoms with Crippen molar-refractivity contribution in [3.63, 3.8) is 0 Å². The average molecular weight is 204 g/mol. The quantitative estimate of drug-likeness (QED) is 0.783. The van der Waals surface area contributed by atoms with Gasteiger partial charge in [0.15, 0.2) is 0 Å². The second kappa shape index (κ2) is 4.36. The van der Waals surface area contributed by atoms with Gasteiger partial charge in [-0.1, -0.05) is 30.7 Å². The predicted octanol–water partition coefficient (Wildman–Crippen LogP) is 3.36. The molecule has 1 aliphatic carbocycles. The van der Waals surface area contributed by atoms with Crippen LogP contribution in [0.25, 0.3) is 0 Å². The van der Waals surface area contributed by atoms with E-state index in [1.165, 1.54) is 29.5 Å². The summed E-state index contributed by atoms with van der Waals surface area (Å²) in [5, 5.41) is 9.08. The van der Waals surface area contributed by atoms with E-state index in [1.807, 2.05) is 0 Å². The number of fused-ring (bicyclic) bond motifs is 1. The summed E-state index contributed by atoms with van der Waals surface area (Å²) in [6.45, 7) is 4.77. The number of hydrogen-bond donors (Lipinski definition) is 1. The lowest BCUT2D eigenvalue weighted by atomic mass is 9.76. The van der Waals surface area contributed by atoms with Gasteiger partial charge in [-0.05, 0) is 49.1 Å². The highest BCUT2D eigenvalue weighted by atomic mass is 16.3. The smallest absolute Gasteiger partial charge is 0.0436 e. The van der Waals surface area contributed by atoms with Gasteiger partial charge >= 0.3 is 0 Å². The average Bonchev–Trinajstić information content (AvgIpc) is 2.22. The number of aryl methyl sites for hydroxylation is 1. The van der Waals surface area contributed by atoms with Crippen molar-refractivity contribution in [1.82, 2.24) is 0 Å². The third-order valence-corrected chi connectivity index (χ3v) is 3.64. The van der Waals surface area contributed by atoms with Crippen LogP contribution in [0.1, 0.15) is 54.7 Å². The van der Waals surface area contributed by atoms with Crippen LogP contribution in [0.2, 0.25) is 0 Å². The van der Waals surface area contributed by atoms with Crippen molar-refractivity contribution in [2.75, 3.05) is 6.61 Å². The number of aliphatic hydroxyl groups is 1. The summed E-state index contributed by atoms with van der Waals surface area (Å²) in [6, 6.07) is 6.79. The zero-order valence-corrected chi connectivity index (χ0v) is 9.66. The number of rotatable bonds is 2. The zero-order chi connectivity index (χ0) is 10.8. The zero-order valence-electron chi connectivity index (χ0n) is 9.66. The van der Waals surface area contributed by atoms with Crippen LogP contribution in [0.4, 0.5) is 0 Å². The topological polar surface area (TPSA) is 20.2 Å². The van der Waals surface area contributed by atoms with Crippen molar-refractivity contribution >= 4 is 0 Å². The first kappa shape index (κ1) is 10.7. The van der Waals surface area contributed by atoms with E-state index in [4.69, 9.17) is 5.11 Å². The molecule has 1 aliphatic rings. The molecule has 0 bridgehead atoms. The van der Waals surface area contributed by atoms with Gasteiger partial charge in [0.05, 0.1) is 0 Å². The van der Waals surface area contributed by atoms with E-state index in [1.54, 1.807) is 0 Å². The van der Waals surface area contributed by atoms with Crippen molar-refractivity contribution in [1.29, 1.82) is 0 Å². The monoisotopic (exact) mass is 204 g/mol. The molecule has 1 heteroatoms.